The third-order valence-corrected chi connectivity index (χ3v) is 5.26. The number of aromatic nitrogens is 6. The standard InChI is InChI=1S/C19H21N7O3/c27-19(14-10-17-26(23-14)7-2-8-28-17)25-6-1-3-13(12-25)9-16-22-18(24-29-16)15-11-20-4-5-21-15/h4-5,10-11,13H,1-3,6-9,12H2. The predicted molar refractivity (Wildman–Crippen MR) is 100.0 cm³/mol. The summed E-state index contributed by atoms with van der Waals surface area (Å²) in [4.78, 5) is 27.4. The molecule has 5 heterocycles. The first-order valence-corrected chi connectivity index (χ1v) is 9.85. The molecule has 3 aromatic heterocycles. The largest absolute Gasteiger partial charge is 0.478 e. The minimum atomic E-state index is -0.0500. The molecule has 1 unspecified atom stereocenters. The maximum atomic E-state index is 12.9. The third-order valence-electron chi connectivity index (χ3n) is 5.26. The summed E-state index contributed by atoms with van der Waals surface area (Å²) >= 11 is 0. The summed E-state index contributed by atoms with van der Waals surface area (Å²) in [5.74, 6) is 1.87. The molecule has 3 aromatic rings. The molecule has 2 aliphatic rings. The van der Waals surface area contributed by atoms with E-state index in [9.17, 15) is 4.79 Å². The van der Waals surface area contributed by atoms with Crippen molar-refractivity contribution in [1.29, 1.82) is 0 Å². The normalized spacial score (nSPS) is 18.9. The lowest BCUT2D eigenvalue weighted by atomic mass is 9.94. The molecule has 10 heteroatoms. The fourth-order valence-electron chi connectivity index (χ4n) is 3.85. The second kappa shape index (κ2) is 7.61. The summed E-state index contributed by atoms with van der Waals surface area (Å²) in [5.41, 5.74) is 1.03. The number of ether oxygens (including phenoxy) is 1. The molecule has 1 amide bonds. The van der Waals surface area contributed by atoms with Gasteiger partial charge in [-0.15, -0.1) is 0 Å². The van der Waals surface area contributed by atoms with Crippen LogP contribution in [0.2, 0.25) is 0 Å². The van der Waals surface area contributed by atoms with Crippen molar-refractivity contribution >= 4 is 5.91 Å². The molecule has 29 heavy (non-hydrogen) atoms. The average Bonchev–Trinajstić information content (AvgIpc) is 3.41. The first-order chi connectivity index (χ1) is 14.3. The minimum absolute atomic E-state index is 0.0500. The van der Waals surface area contributed by atoms with Crippen molar-refractivity contribution in [2.75, 3.05) is 19.7 Å². The van der Waals surface area contributed by atoms with Crippen LogP contribution in [-0.4, -0.2) is 60.4 Å². The zero-order valence-electron chi connectivity index (χ0n) is 15.9. The topological polar surface area (TPSA) is 112 Å². The molecule has 0 aliphatic carbocycles. The lowest BCUT2D eigenvalue weighted by molar-refractivity contribution is 0.0661. The maximum Gasteiger partial charge on any atom is 0.274 e. The van der Waals surface area contributed by atoms with Crippen LogP contribution in [0, 0.1) is 5.92 Å². The van der Waals surface area contributed by atoms with Crippen LogP contribution in [0.15, 0.2) is 29.2 Å². The number of likely N-dealkylation sites (tertiary alicyclic amines) is 1. The minimum Gasteiger partial charge on any atom is -0.478 e. The molecule has 0 saturated carbocycles. The van der Waals surface area contributed by atoms with Gasteiger partial charge in [-0.25, -0.2) is 9.67 Å². The van der Waals surface area contributed by atoms with Gasteiger partial charge in [-0.05, 0) is 18.8 Å². The highest BCUT2D eigenvalue weighted by Crippen LogP contribution is 2.24. The van der Waals surface area contributed by atoms with Gasteiger partial charge in [0.1, 0.15) is 5.69 Å². The first-order valence-electron chi connectivity index (χ1n) is 9.85. The van der Waals surface area contributed by atoms with Crippen molar-refractivity contribution in [2.24, 2.45) is 5.92 Å². The number of piperidine rings is 1. The maximum absolute atomic E-state index is 12.9. The third kappa shape index (κ3) is 3.69. The Morgan fingerprint density at radius 2 is 2.21 bits per heavy atom. The van der Waals surface area contributed by atoms with Crippen molar-refractivity contribution in [1.82, 2.24) is 34.8 Å². The Morgan fingerprint density at radius 3 is 3.07 bits per heavy atom. The molecule has 1 saturated heterocycles. The molecular formula is C19H21N7O3. The number of hydrogen-bond donors (Lipinski definition) is 0. The molecule has 1 atom stereocenters. The highest BCUT2D eigenvalue weighted by atomic mass is 16.5. The van der Waals surface area contributed by atoms with Gasteiger partial charge in [0.2, 0.25) is 17.6 Å². The molecule has 0 bridgehead atoms. The number of carbonyl (C=O) groups excluding carboxylic acids is 1. The second-order valence-electron chi connectivity index (χ2n) is 7.36. The van der Waals surface area contributed by atoms with E-state index in [1.54, 1.807) is 29.3 Å². The van der Waals surface area contributed by atoms with E-state index in [0.29, 0.717) is 48.6 Å². The van der Waals surface area contributed by atoms with E-state index in [0.717, 1.165) is 32.4 Å². The van der Waals surface area contributed by atoms with Gasteiger partial charge in [-0.3, -0.25) is 9.78 Å². The summed E-state index contributed by atoms with van der Waals surface area (Å²) in [7, 11) is 0. The number of aryl methyl sites for hydroxylation is 1. The molecule has 2 aliphatic heterocycles. The monoisotopic (exact) mass is 395 g/mol. The molecule has 1 fully saturated rings. The number of nitrogens with zero attached hydrogens (tertiary/aromatic N) is 7. The van der Waals surface area contributed by atoms with Crippen molar-refractivity contribution in [3.05, 3.63) is 36.2 Å². The van der Waals surface area contributed by atoms with E-state index in [2.05, 4.69) is 25.2 Å². The van der Waals surface area contributed by atoms with Crippen LogP contribution < -0.4 is 4.74 Å². The SMILES string of the molecule is O=C(c1cc2n(n1)CCCO2)N1CCCC(Cc2nc(-c3cnccn3)no2)C1. The van der Waals surface area contributed by atoms with Gasteiger partial charge in [-0.1, -0.05) is 5.16 Å². The zero-order valence-corrected chi connectivity index (χ0v) is 15.9. The van der Waals surface area contributed by atoms with Gasteiger partial charge in [-0.2, -0.15) is 10.1 Å². The molecule has 0 N–H and O–H groups in total. The van der Waals surface area contributed by atoms with Gasteiger partial charge >= 0.3 is 0 Å². The molecule has 150 valence electrons. The molecule has 0 radical (unpaired) electrons. The van der Waals surface area contributed by atoms with E-state index in [-0.39, 0.29) is 11.8 Å². The van der Waals surface area contributed by atoms with Crippen LogP contribution in [-0.2, 0) is 13.0 Å². The first kappa shape index (κ1) is 17.8. The van der Waals surface area contributed by atoms with Crippen LogP contribution in [0.1, 0.15) is 35.6 Å². The van der Waals surface area contributed by atoms with Crippen molar-refractivity contribution in [2.45, 2.75) is 32.2 Å². The van der Waals surface area contributed by atoms with Crippen LogP contribution in [0.25, 0.3) is 11.5 Å². The van der Waals surface area contributed by atoms with E-state index < -0.39 is 0 Å². The van der Waals surface area contributed by atoms with E-state index in [1.165, 1.54) is 0 Å². The molecule has 5 rings (SSSR count). The smallest absolute Gasteiger partial charge is 0.274 e. The predicted octanol–water partition coefficient (Wildman–Crippen LogP) is 1.60. The van der Waals surface area contributed by atoms with Gasteiger partial charge < -0.3 is 14.2 Å². The van der Waals surface area contributed by atoms with Gasteiger partial charge in [0.25, 0.3) is 5.91 Å². The Kier molecular flexibility index (Phi) is 4.66. The molecular weight excluding hydrogens is 374 g/mol. The van der Waals surface area contributed by atoms with Crippen LogP contribution in [0.4, 0.5) is 0 Å². The zero-order chi connectivity index (χ0) is 19.6. The van der Waals surface area contributed by atoms with E-state index in [4.69, 9.17) is 9.26 Å². The fourth-order valence-corrected chi connectivity index (χ4v) is 3.85. The molecule has 10 nitrogen and oxygen atoms in total. The van der Waals surface area contributed by atoms with Crippen LogP contribution in [0.5, 0.6) is 5.88 Å². The Hall–Kier alpha value is -3.30. The molecule has 0 aromatic carbocycles. The van der Waals surface area contributed by atoms with Gasteiger partial charge in [0.15, 0.2) is 5.69 Å². The van der Waals surface area contributed by atoms with Crippen molar-refractivity contribution in [3.8, 4) is 17.4 Å². The van der Waals surface area contributed by atoms with Gasteiger partial charge in [0.05, 0.1) is 12.8 Å². The van der Waals surface area contributed by atoms with Crippen LogP contribution in [0.3, 0.4) is 0 Å². The number of carbonyl (C=O) groups is 1. The second-order valence-corrected chi connectivity index (χ2v) is 7.36. The Labute approximate surface area is 166 Å². The average molecular weight is 395 g/mol. The fraction of sp³-hybridized carbons (Fsp3) is 0.474. The lowest BCUT2D eigenvalue weighted by Crippen LogP contribution is -2.40. The van der Waals surface area contributed by atoms with E-state index in [1.807, 2.05) is 4.90 Å². The van der Waals surface area contributed by atoms with E-state index >= 15 is 0 Å². The number of rotatable bonds is 4. The Bertz CT molecular complexity index is 977. The number of amides is 1. The highest BCUT2D eigenvalue weighted by Gasteiger charge is 2.28. The Balaban J connectivity index is 1.24. The summed E-state index contributed by atoms with van der Waals surface area (Å²) < 4.78 is 12.7. The van der Waals surface area contributed by atoms with Gasteiger partial charge in [0, 0.05) is 50.9 Å². The highest BCUT2D eigenvalue weighted by molar-refractivity contribution is 5.92. The number of fused-ring (bicyclic) bond motifs is 1. The van der Waals surface area contributed by atoms with Crippen molar-refractivity contribution < 1.29 is 14.1 Å². The Morgan fingerprint density at radius 1 is 1.24 bits per heavy atom. The summed E-state index contributed by atoms with van der Waals surface area (Å²) in [6, 6.07) is 1.75. The van der Waals surface area contributed by atoms with Crippen LogP contribution >= 0.6 is 0 Å². The van der Waals surface area contributed by atoms with Crippen molar-refractivity contribution in [3.63, 3.8) is 0 Å². The summed E-state index contributed by atoms with van der Waals surface area (Å²) in [5, 5.41) is 8.41. The summed E-state index contributed by atoms with van der Waals surface area (Å²) in [6.07, 6.45) is 8.27. The summed E-state index contributed by atoms with van der Waals surface area (Å²) in [6.45, 7) is 2.83. The lowest BCUT2D eigenvalue weighted by Gasteiger charge is -2.31. The quantitative estimate of drug-likeness (QED) is 0.655. The molecule has 0 spiro atoms. The number of hydrogen-bond acceptors (Lipinski definition) is 8.